The fraction of sp³-hybridized carbons (Fsp3) is 0. The quantitative estimate of drug-likeness (QED) is 0.867. The first-order chi connectivity index (χ1) is 9.03. The van der Waals surface area contributed by atoms with Crippen LogP contribution in [0.4, 0.5) is 10.1 Å². The molecule has 1 N–H and O–H groups in total. The molecule has 0 spiro atoms. The van der Waals surface area contributed by atoms with Gasteiger partial charge in [0.2, 0.25) is 5.03 Å². The number of aldehydes is 1. The summed E-state index contributed by atoms with van der Waals surface area (Å²) in [7, 11) is -4.09. The Morgan fingerprint density at radius 1 is 1.16 bits per heavy atom. The van der Waals surface area contributed by atoms with Crippen molar-refractivity contribution < 1.29 is 17.6 Å². The third-order valence-corrected chi connectivity index (χ3v) is 3.59. The predicted octanol–water partition coefficient (Wildman–Crippen LogP) is 1.83. The molecule has 0 radical (unpaired) electrons. The molecule has 2 rings (SSSR count). The lowest BCUT2D eigenvalue weighted by Crippen LogP contribution is -2.16. The minimum absolute atomic E-state index is 0.218. The summed E-state index contributed by atoms with van der Waals surface area (Å²) in [5.74, 6) is -0.931. The van der Waals surface area contributed by atoms with Gasteiger partial charge in [-0.25, -0.2) is 9.37 Å². The number of benzene rings is 1. The summed E-state index contributed by atoms with van der Waals surface area (Å²) in [4.78, 5) is 14.0. The van der Waals surface area contributed by atoms with Gasteiger partial charge in [-0.15, -0.1) is 0 Å². The first-order valence-electron chi connectivity index (χ1n) is 5.21. The summed E-state index contributed by atoms with van der Waals surface area (Å²) in [5.41, 5.74) is 0.627. The molecule has 5 nitrogen and oxygen atoms in total. The van der Waals surface area contributed by atoms with Gasteiger partial charge in [0.1, 0.15) is 6.29 Å². The van der Waals surface area contributed by atoms with E-state index in [1.807, 2.05) is 0 Å². The average Bonchev–Trinajstić information content (AvgIpc) is 2.39. The number of rotatable bonds is 4. The van der Waals surface area contributed by atoms with E-state index in [4.69, 9.17) is 0 Å². The number of nitrogens with one attached hydrogen (secondary N) is 1. The van der Waals surface area contributed by atoms with Crippen molar-refractivity contribution in [2.45, 2.75) is 5.03 Å². The van der Waals surface area contributed by atoms with Crippen LogP contribution in [0.3, 0.4) is 0 Å². The van der Waals surface area contributed by atoms with Crippen LogP contribution in [-0.2, 0) is 10.0 Å². The molecule has 0 atom stereocenters. The Morgan fingerprint density at radius 3 is 2.42 bits per heavy atom. The van der Waals surface area contributed by atoms with Crippen molar-refractivity contribution in [3.05, 3.63) is 54.0 Å². The molecular formula is C12H9FN2O3S. The Balaban J connectivity index is 2.31. The zero-order chi connectivity index (χ0) is 13.9. The molecule has 0 saturated carbocycles. The van der Waals surface area contributed by atoms with Crippen molar-refractivity contribution in [1.82, 2.24) is 4.98 Å². The molecule has 0 unspecified atom stereocenters. The minimum Gasteiger partial charge on any atom is -0.298 e. The van der Waals surface area contributed by atoms with E-state index in [9.17, 15) is 17.6 Å². The van der Waals surface area contributed by atoms with Gasteiger partial charge in [0.05, 0.1) is 0 Å². The Morgan fingerprint density at radius 2 is 1.84 bits per heavy atom. The van der Waals surface area contributed by atoms with Gasteiger partial charge in [-0.05, 0) is 36.4 Å². The number of aromatic nitrogens is 1. The number of hydrogen-bond acceptors (Lipinski definition) is 4. The molecule has 0 fully saturated rings. The second kappa shape index (κ2) is 5.15. The number of carbonyl (C=O) groups excluding carboxylic acids is 1. The van der Waals surface area contributed by atoms with Crippen molar-refractivity contribution in [1.29, 1.82) is 0 Å². The third kappa shape index (κ3) is 2.94. The molecule has 0 amide bonds. The highest BCUT2D eigenvalue weighted by Crippen LogP contribution is 2.16. The fourth-order valence-electron chi connectivity index (χ4n) is 1.40. The molecule has 0 bridgehead atoms. The molecule has 1 heterocycles. The Bertz CT molecular complexity index is 699. The number of halogens is 1. The number of pyridine rings is 1. The van der Waals surface area contributed by atoms with E-state index in [-0.39, 0.29) is 5.69 Å². The lowest BCUT2D eigenvalue weighted by Gasteiger charge is -2.07. The molecule has 0 saturated heterocycles. The van der Waals surface area contributed by atoms with Crippen molar-refractivity contribution in [2.75, 3.05) is 4.72 Å². The smallest absolute Gasteiger partial charge is 0.282 e. The van der Waals surface area contributed by atoms with Crippen LogP contribution < -0.4 is 4.72 Å². The van der Waals surface area contributed by atoms with Crippen LogP contribution in [0.5, 0.6) is 0 Å². The van der Waals surface area contributed by atoms with Gasteiger partial charge >= 0.3 is 0 Å². The molecule has 98 valence electrons. The summed E-state index contributed by atoms with van der Waals surface area (Å²) >= 11 is 0. The van der Waals surface area contributed by atoms with Crippen LogP contribution in [-0.4, -0.2) is 19.7 Å². The highest BCUT2D eigenvalue weighted by Gasteiger charge is 2.20. The molecule has 19 heavy (non-hydrogen) atoms. The maximum atomic E-state index is 13.4. The zero-order valence-corrected chi connectivity index (χ0v) is 10.4. The molecule has 0 aliphatic carbocycles. The van der Waals surface area contributed by atoms with Gasteiger partial charge in [0, 0.05) is 17.4 Å². The van der Waals surface area contributed by atoms with E-state index in [2.05, 4.69) is 9.71 Å². The van der Waals surface area contributed by atoms with Gasteiger partial charge < -0.3 is 0 Å². The lowest BCUT2D eigenvalue weighted by molar-refractivity contribution is 0.112. The van der Waals surface area contributed by atoms with Crippen LogP contribution in [0.25, 0.3) is 0 Å². The first kappa shape index (κ1) is 13.2. The van der Waals surface area contributed by atoms with E-state index >= 15 is 0 Å². The molecule has 1 aromatic heterocycles. The second-order valence-corrected chi connectivity index (χ2v) is 5.23. The third-order valence-electron chi connectivity index (χ3n) is 2.28. The van der Waals surface area contributed by atoms with Gasteiger partial charge in [-0.1, -0.05) is 0 Å². The van der Waals surface area contributed by atoms with Crippen LogP contribution in [0, 0.1) is 5.82 Å². The minimum atomic E-state index is -4.09. The summed E-state index contributed by atoms with van der Waals surface area (Å²) in [6.45, 7) is 0. The van der Waals surface area contributed by atoms with Gasteiger partial charge in [0.25, 0.3) is 10.0 Å². The summed E-state index contributed by atoms with van der Waals surface area (Å²) in [6.07, 6.45) is 1.82. The maximum Gasteiger partial charge on any atom is 0.282 e. The topological polar surface area (TPSA) is 76.1 Å². The van der Waals surface area contributed by atoms with Gasteiger partial charge in [-0.3, -0.25) is 9.52 Å². The highest BCUT2D eigenvalue weighted by atomic mass is 32.2. The fourth-order valence-corrected chi connectivity index (χ4v) is 2.47. The van der Waals surface area contributed by atoms with Crippen molar-refractivity contribution in [2.24, 2.45) is 0 Å². The number of anilines is 1. The molecule has 1 aromatic carbocycles. The van der Waals surface area contributed by atoms with E-state index in [1.54, 1.807) is 0 Å². The van der Waals surface area contributed by atoms with Crippen LogP contribution >= 0.6 is 0 Å². The van der Waals surface area contributed by atoms with Crippen molar-refractivity contribution in [3.8, 4) is 0 Å². The SMILES string of the molecule is O=Cc1ccc(NS(=O)(=O)c2ncccc2F)cc1. The molecule has 2 aromatic rings. The van der Waals surface area contributed by atoms with Crippen LogP contribution in [0.2, 0.25) is 0 Å². The van der Waals surface area contributed by atoms with E-state index in [0.29, 0.717) is 11.8 Å². The Labute approximate surface area is 109 Å². The zero-order valence-electron chi connectivity index (χ0n) is 9.58. The van der Waals surface area contributed by atoms with Gasteiger partial charge in [-0.2, -0.15) is 8.42 Å². The standard InChI is InChI=1S/C12H9FN2O3S/c13-11-2-1-7-14-12(11)19(17,18)15-10-5-3-9(8-16)4-6-10/h1-8,15H. The first-order valence-corrected chi connectivity index (χ1v) is 6.70. The Hall–Kier alpha value is -2.28. The monoisotopic (exact) mass is 280 g/mol. The maximum absolute atomic E-state index is 13.4. The van der Waals surface area contributed by atoms with E-state index < -0.39 is 20.9 Å². The van der Waals surface area contributed by atoms with E-state index in [0.717, 1.165) is 6.07 Å². The van der Waals surface area contributed by atoms with Crippen LogP contribution in [0.15, 0.2) is 47.6 Å². The molecular weight excluding hydrogens is 271 g/mol. The lowest BCUT2D eigenvalue weighted by atomic mass is 10.2. The number of carbonyl (C=O) groups is 1. The van der Waals surface area contributed by atoms with Crippen molar-refractivity contribution in [3.63, 3.8) is 0 Å². The largest absolute Gasteiger partial charge is 0.298 e. The highest BCUT2D eigenvalue weighted by molar-refractivity contribution is 7.92. The number of nitrogens with zero attached hydrogens (tertiary/aromatic N) is 1. The van der Waals surface area contributed by atoms with Crippen LogP contribution in [0.1, 0.15) is 10.4 Å². The number of hydrogen-bond donors (Lipinski definition) is 1. The summed E-state index contributed by atoms with van der Waals surface area (Å²) in [6, 6.07) is 8.01. The van der Waals surface area contributed by atoms with Gasteiger partial charge in [0.15, 0.2) is 5.82 Å². The summed E-state index contributed by atoms with van der Waals surface area (Å²) < 4.78 is 39.3. The Kier molecular flexibility index (Phi) is 3.57. The second-order valence-electron chi connectivity index (χ2n) is 3.64. The van der Waals surface area contributed by atoms with Crippen molar-refractivity contribution >= 4 is 22.0 Å². The predicted molar refractivity (Wildman–Crippen MR) is 66.8 cm³/mol. The summed E-state index contributed by atoms with van der Waals surface area (Å²) in [5, 5.41) is -0.672. The van der Waals surface area contributed by atoms with E-state index in [1.165, 1.54) is 36.5 Å². The molecule has 0 aliphatic heterocycles. The molecule has 0 aliphatic rings. The number of sulfonamides is 1. The normalized spacial score (nSPS) is 11.0. The molecule has 7 heteroatoms. The average molecular weight is 280 g/mol.